The minimum Gasteiger partial charge on any atom is -0.493 e. The minimum absolute atomic E-state index is 0.632. The molecule has 0 spiro atoms. The monoisotopic (exact) mass is 218 g/mol. The van der Waals surface area contributed by atoms with E-state index in [1.165, 1.54) is 0 Å². The third-order valence-electron chi connectivity index (χ3n) is 2.23. The van der Waals surface area contributed by atoms with Gasteiger partial charge in [-0.1, -0.05) is 0 Å². The molecule has 0 aliphatic carbocycles. The van der Waals surface area contributed by atoms with Crippen molar-refractivity contribution in [3.63, 3.8) is 0 Å². The van der Waals surface area contributed by atoms with E-state index in [9.17, 15) is 0 Å². The lowest BCUT2D eigenvalue weighted by molar-refractivity contribution is 0.414. The minimum atomic E-state index is 0.632. The van der Waals surface area contributed by atoms with E-state index in [1.54, 1.807) is 25.7 Å². The van der Waals surface area contributed by atoms with Gasteiger partial charge in [0.05, 0.1) is 25.5 Å². The Morgan fingerprint density at radius 1 is 1.44 bits per heavy atom. The predicted molar refractivity (Wildman–Crippen MR) is 61.4 cm³/mol. The number of pyridine rings is 1. The molecular weight excluding hydrogens is 204 g/mol. The van der Waals surface area contributed by atoms with Crippen molar-refractivity contribution in [2.75, 3.05) is 12.4 Å². The van der Waals surface area contributed by atoms with Gasteiger partial charge >= 0.3 is 0 Å². The number of hydrogen-bond acceptors (Lipinski definition) is 4. The standard InChI is InChI=1S/C11H14N4O/c1-8-5-9(10(16-2)6-14-8)15-7-11-12-3-4-13-11/h3-6H,7H2,1-2H3,(H,12,13)(H,14,15). The number of rotatable bonds is 4. The van der Waals surface area contributed by atoms with Crippen LogP contribution in [0.1, 0.15) is 11.5 Å². The summed E-state index contributed by atoms with van der Waals surface area (Å²) < 4.78 is 5.21. The molecule has 2 aromatic rings. The molecule has 2 aromatic heterocycles. The number of anilines is 1. The topological polar surface area (TPSA) is 62.8 Å². The summed E-state index contributed by atoms with van der Waals surface area (Å²) in [7, 11) is 1.63. The second-order valence-electron chi connectivity index (χ2n) is 3.42. The Kier molecular flexibility index (Phi) is 3.05. The molecule has 2 heterocycles. The number of imidazole rings is 1. The number of aryl methyl sites for hydroxylation is 1. The normalized spacial score (nSPS) is 10.1. The zero-order chi connectivity index (χ0) is 11.4. The third-order valence-corrected chi connectivity index (χ3v) is 2.23. The van der Waals surface area contributed by atoms with Crippen LogP contribution < -0.4 is 10.1 Å². The molecule has 0 radical (unpaired) electrons. The van der Waals surface area contributed by atoms with Gasteiger partial charge in [-0.05, 0) is 13.0 Å². The van der Waals surface area contributed by atoms with Crippen molar-refractivity contribution in [1.29, 1.82) is 0 Å². The Morgan fingerprint density at radius 3 is 3.00 bits per heavy atom. The van der Waals surface area contributed by atoms with Crippen LogP contribution in [0.25, 0.3) is 0 Å². The highest BCUT2D eigenvalue weighted by Gasteiger charge is 2.04. The first-order valence-corrected chi connectivity index (χ1v) is 5.02. The van der Waals surface area contributed by atoms with Gasteiger partial charge in [0.15, 0.2) is 5.75 Å². The molecular formula is C11H14N4O. The number of nitrogens with zero attached hydrogens (tertiary/aromatic N) is 2. The highest BCUT2D eigenvalue weighted by Crippen LogP contribution is 2.23. The quantitative estimate of drug-likeness (QED) is 0.820. The zero-order valence-electron chi connectivity index (χ0n) is 9.32. The smallest absolute Gasteiger partial charge is 0.160 e. The molecule has 16 heavy (non-hydrogen) atoms. The van der Waals surface area contributed by atoms with E-state index in [4.69, 9.17) is 4.74 Å². The first-order valence-electron chi connectivity index (χ1n) is 5.02. The maximum Gasteiger partial charge on any atom is 0.160 e. The van der Waals surface area contributed by atoms with E-state index in [1.807, 2.05) is 13.0 Å². The van der Waals surface area contributed by atoms with Crippen LogP contribution in [0, 0.1) is 6.92 Å². The Labute approximate surface area is 93.9 Å². The van der Waals surface area contributed by atoms with Gasteiger partial charge in [0.1, 0.15) is 5.82 Å². The number of aromatic nitrogens is 3. The molecule has 0 amide bonds. The summed E-state index contributed by atoms with van der Waals surface area (Å²) >= 11 is 0. The van der Waals surface area contributed by atoms with Gasteiger partial charge < -0.3 is 15.0 Å². The molecule has 0 aromatic carbocycles. The van der Waals surface area contributed by atoms with Gasteiger partial charge in [-0.25, -0.2) is 4.98 Å². The highest BCUT2D eigenvalue weighted by atomic mass is 16.5. The maximum atomic E-state index is 5.21. The summed E-state index contributed by atoms with van der Waals surface area (Å²) in [5.41, 5.74) is 1.87. The Hall–Kier alpha value is -2.04. The molecule has 0 unspecified atom stereocenters. The van der Waals surface area contributed by atoms with Crippen LogP contribution in [0.3, 0.4) is 0 Å². The summed E-state index contributed by atoms with van der Waals surface area (Å²) in [6, 6.07) is 1.95. The van der Waals surface area contributed by atoms with Crippen LogP contribution in [-0.4, -0.2) is 22.1 Å². The number of ether oxygens (including phenoxy) is 1. The lowest BCUT2D eigenvalue weighted by Crippen LogP contribution is -2.03. The number of H-pyrrole nitrogens is 1. The second kappa shape index (κ2) is 4.65. The van der Waals surface area contributed by atoms with Gasteiger partial charge in [0.2, 0.25) is 0 Å². The van der Waals surface area contributed by atoms with E-state index < -0.39 is 0 Å². The summed E-state index contributed by atoms with van der Waals surface area (Å²) in [6.07, 6.45) is 5.23. The molecule has 0 atom stereocenters. The predicted octanol–water partition coefficient (Wildman–Crippen LogP) is 1.73. The number of hydrogen-bond donors (Lipinski definition) is 2. The molecule has 0 saturated heterocycles. The lowest BCUT2D eigenvalue weighted by atomic mass is 10.3. The van der Waals surface area contributed by atoms with E-state index >= 15 is 0 Å². The lowest BCUT2D eigenvalue weighted by Gasteiger charge is -2.10. The molecule has 0 saturated carbocycles. The molecule has 5 heteroatoms. The van der Waals surface area contributed by atoms with Crippen molar-refractivity contribution < 1.29 is 4.74 Å². The molecule has 2 N–H and O–H groups in total. The molecule has 0 fully saturated rings. The zero-order valence-corrected chi connectivity index (χ0v) is 9.32. The third kappa shape index (κ3) is 2.31. The second-order valence-corrected chi connectivity index (χ2v) is 3.42. The molecule has 2 rings (SSSR count). The SMILES string of the molecule is COc1cnc(C)cc1NCc1ncc[nH]1. The molecule has 0 aliphatic rings. The van der Waals surface area contributed by atoms with Crippen molar-refractivity contribution >= 4 is 5.69 Å². The van der Waals surface area contributed by atoms with E-state index in [0.29, 0.717) is 6.54 Å². The molecule has 5 nitrogen and oxygen atoms in total. The van der Waals surface area contributed by atoms with Crippen LogP contribution >= 0.6 is 0 Å². The summed E-state index contributed by atoms with van der Waals surface area (Å²) in [5.74, 6) is 1.62. The number of methoxy groups -OCH3 is 1. The fraction of sp³-hybridized carbons (Fsp3) is 0.273. The van der Waals surface area contributed by atoms with Crippen molar-refractivity contribution in [2.24, 2.45) is 0 Å². The van der Waals surface area contributed by atoms with Crippen LogP contribution in [0.5, 0.6) is 5.75 Å². The fourth-order valence-electron chi connectivity index (χ4n) is 1.42. The van der Waals surface area contributed by atoms with E-state index in [-0.39, 0.29) is 0 Å². The van der Waals surface area contributed by atoms with Gasteiger partial charge in [-0.2, -0.15) is 0 Å². The van der Waals surface area contributed by atoms with Crippen molar-refractivity contribution in [1.82, 2.24) is 15.0 Å². The Bertz CT molecular complexity index is 453. The van der Waals surface area contributed by atoms with Crippen LogP contribution in [0.15, 0.2) is 24.7 Å². The number of aromatic amines is 1. The van der Waals surface area contributed by atoms with Gasteiger partial charge in [0.25, 0.3) is 0 Å². The van der Waals surface area contributed by atoms with Gasteiger partial charge in [0, 0.05) is 18.1 Å². The average molecular weight is 218 g/mol. The van der Waals surface area contributed by atoms with Crippen molar-refractivity contribution in [3.8, 4) is 5.75 Å². The van der Waals surface area contributed by atoms with Gasteiger partial charge in [-0.3, -0.25) is 4.98 Å². The van der Waals surface area contributed by atoms with E-state index in [0.717, 1.165) is 23.0 Å². The van der Waals surface area contributed by atoms with Crippen LogP contribution in [0.2, 0.25) is 0 Å². The van der Waals surface area contributed by atoms with E-state index in [2.05, 4.69) is 20.3 Å². The molecule has 0 aliphatic heterocycles. The summed E-state index contributed by atoms with van der Waals surface area (Å²) in [5, 5.41) is 3.25. The Balaban J connectivity index is 2.11. The van der Waals surface area contributed by atoms with Crippen molar-refractivity contribution in [2.45, 2.75) is 13.5 Å². The summed E-state index contributed by atoms with van der Waals surface area (Å²) in [4.78, 5) is 11.3. The maximum absolute atomic E-state index is 5.21. The van der Waals surface area contributed by atoms with Crippen molar-refractivity contribution in [3.05, 3.63) is 36.2 Å². The largest absolute Gasteiger partial charge is 0.493 e. The first kappa shape index (κ1) is 10.5. The Morgan fingerprint density at radius 2 is 2.31 bits per heavy atom. The van der Waals surface area contributed by atoms with Gasteiger partial charge in [-0.15, -0.1) is 0 Å². The highest BCUT2D eigenvalue weighted by molar-refractivity contribution is 5.55. The average Bonchev–Trinajstić information content (AvgIpc) is 2.79. The molecule has 84 valence electrons. The fourth-order valence-corrected chi connectivity index (χ4v) is 1.42. The first-order chi connectivity index (χ1) is 7.79. The number of nitrogens with one attached hydrogen (secondary N) is 2. The van der Waals surface area contributed by atoms with Crippen LogP contribution in [-0.2, 0) is 6.54 Å². The van der Waals surface area contributed by atoms with Crippen LogP contribution in [0.4, 0.5) is 5.69 Å². The summed E-state index contributed by atoms with van der Waals surface area (Å²) in [6.45, 7) is 2.57. The molecule has 0 bridgehead atoms.